The van der Waals surface area contributed by atoms with Crippen molar-refractivity contribution < 1.29 is 52.1 Å². The molecule has 0 fully saturated rings. The summed E-state index contributed by atoms with van der Waals surface area (Å²) in [5.41, 5.74) is 4.87. The van der Waals surface area contributed by atoms with Gasteiger partial charge in [-0.15, -0.1) is 34.2 Å². The molecule has 2 aliphatic heterocycles. The first-order valence-electron chi connectivity index (χ1n) is 23.4. The number of benzene rings is 6. The molecule has 5 nitrogen and oxygen atoms in total. The Morgan fingerprint density at radius 1 is 0.662 bits per heavy atom. The number of aromatic nitrogens is 2. The normalized spacial score (nSPS) is 15.8. The van der Waals surface area contributed by atoms with E-state index in [4.69, 9.17) is 14.7 Å². The molecule has 8 aromatic rings. The first-order valence-corrected chi connectivity index (χ1v) is 23.4. The maximum Gasteiger partial charge on any atom is 2.00 e. The average Bonchev–Trinajstić information content (AvgIpc) is 3.87. The molecule has 2 aliphatic rings. The fraction of sp³-hybridized carbons (Fsp3) is 0.288. The van der Waals surface area contributed by atoms with Gasteiger partial charge in [0.1, 0.15) is 5.82 Å². The molecule has 2 aromatic heterocycles. The van der Waals surface area contributed by atoms with E-state index in [0.29, 0.717) is 11.3 Å². The topological polar surface area (TPSA) is 42.6 Å². The number of nitrogens with zero attached hydrogens (tertiary/aromatic N) is 4. The molecule has 0 bridgehead atoms. The van der Waals surface area contributed by atoms with Crippen LogP contribution in [0.25, 0.3) is 27.6 Å². The Morgan fingerprint density at radius 2 is 1.25 bits per heavy atom. The van der Waals surface area contributed by atoms with Gasteiger partial charge in [0.05, 0.1) is 23.0 Å². The van der Waals surface area contributed by atoms with Crippen LogP contribution < -0.4 is 9.64 Å². The molecule has 0 amide bonds. The van der Waals surface area contributed by atoms with Gasteiger partial charge in [0.25, 0.3) is 0 Å². The van der Waals surface area contributed by atoms with Gasteiger partial charge >= 0.3 is 33.4 Å². The second-order valence-corrected chi connectivity index (χ2v) is 21.2. The van der Waals surface area contributed by atoms with Crippen LogP contribution in [0.2, 0.25) is 0 Å². The molecule has 0 unspecified atom stereocenters. The number of alkyl halides is 6. The number of aryl methyl sites for hydroxylation is 1. The monoisotopic (exact) mass is 1140 g/mol. The number of aliphatic imine (C=N–C) groups is 1. The molecule has 0 saturated heterocycles. The minimum absolute atomic E-state index is 0. The second kappa shape index (κ2) is 17.5. The van der Waals surface area contributed by atoms with Crippen molar-refractivity contribution in [2.45, 2.75) is 103 Å². The number of hydrogen-bond donors (Lipinski definition) is 0. The van der Waals surface area contributed by atoms with Gasteiger partial charge in [-0.1, -0.05) is 159 Å². The fourth-order valence-electron chi connectivity index (χ4n) is 10.1. The third-order valence-corrected chi connectivity index (χ3v) is 13.9. The maximum atomic E-state index is 14.5. The Hall–Kier alpha value is -6.19. The van der Waals surface area contributed by atoms with E-state index >= 15 is 0 Å². The van der Waals surface area contributed by atoms with Crippen molar-refractivity contribution in [3.05, 3.63) is 195 Å². The molecule has 0 spiro atoms. The van der Waals surface area contributed by atoms with Gasteiger partial charge in [0.2, 0.25) is 0 Å². The van der Waals surface area contributed by atoms with Crippen molar-refractivity contribution in [2.24, 2.45) is 4.99 Å². The summed E-state index contributed by atoms with van der Waals surface area (Å²) >= 11 is 0. The van der Waals surface area contributed by atoms with E-state index in [2.05, 4.69) is 75.6 Å². The molecule has 366 valence electrons. The van der Waals surface area contributed by atoms with E-state index in [0.717, 1.165) is 67.6 Å². The molecule has 0 N–H and O–H groups in total. The van der Waals surface area contributed by atoms with Gasteiger partial charge in [-0.3, -0.25) is 0 Å². The minimum atomic E-state index is -5.06. The van der Waals surface area contributed by atoms with Crippen LogP contribution in [0.15, 0.2) is 133 Å². The minimum Gasteiger partial charge on any atom is -0.503 e. The number of hydrogen-bond acceptors (Lipinski definition) is 4. The Balaban J connectivity index is 0.00000624. The molecule has 6 aromatic carbocycles. The van der Waals surface area contributed by atoms with Crippen LogP contribution in [0.4, 0.5) is 32.0 Å². The van der Waals surface area contributed by atoms with Gasteiger partial charge in [0, 0.05) is 52.3 Å². The van der Waals surface area contributed by atoms with Crippen molar-refractivity contribution in [2.75, 3.05) is 11.4 Å². The zero-order valence-corrected chi connectivity index (χ0v) is 43.0. The number of rotatable bonds is 7. The molecule has 10 rings (SSSR count). The predicted molar refractivity (Wildman–Crippen MR) is 266 cm³/mol. The Labute approximate surface area is 424 Å². The van der Waals surface area contributed by atoms with E-state index in [9.17, 15) is 26.3 Å². The summed E-state index contributed by atoms with van der Waals surface area (Å²) < 4.78 is 96.2. The molecular formula is C59H52F6N4OPt. The molecule has 0 saturated carbocycles. The summed E-state index contributed by atoms with van der Waals surface area (Å²) in [6.07, 6.45) is -8.33. The zero-order chi connectivity index (χ0) is 49.9. The molecule has 0 aliphatic carbocycles. The second-order valence-electron chi connectivity index (χ2n) is 21.2. The van der Waals surface area contributed by atoms with Gasteiger partial charge in [-0.2, -0.15) is 32.4 Å². The van der Waals surface area contributed by atoms with Crippen LogP contribution >= 0.6 is 0 Å². The van der Waals surface area contributed by atoms with Crippen molar-refractivity contribution in [3.63, 3.8) is 0 Å². The number of pyridine rings is 1. The Kier molecular flexibility index (Phi) is 12.3. The summed E-state index contributed by atoms with van der Waals surface area (Å²) in [6, 6.07) is 41.8. The van der Waals surface area contributed by atoms with Crippen molar-refractivity contribution in [1.82, 2.24) is 9.55 Å². The average molecular weight is 1140 g/mol. The van der Waals surface area contributed by atoms with Crippen LogP contribution in [-0.4, -0.2) is 28.0 Å². The number of halogens is 6. The van der Waals surface area contributed by atoms with Crippen molar-refractivity contribution in [3.8, 4) is 17.3 Å². The Bertz CT molecular complexity index is 3310. The largest absolute Gasteiger partial charge is 2.00 e. The SMILES string of the molecule is Cc1cc2c3cc(C(C)(C)C)cc4c3n(c2[c-]c1Oc1[c-]c(C2=N[C@H](C(c3ccccc3)c3ccccc3)CN2c2cc(C(F)(F)F)cc(C(F)(F)F)c2)cc(C(C)(C)C)c1)-c1ncccc1C4(C)C.[Pt+2]. The summed E-state index contributed by atoms with van der Waals surface area (Å²) in [4.78, 5) is 11.7. The van der Waals surface area contributed by atoms with Gasteiger partial charge in [-0.25, -0.2) is 4.98 Å². The first-order chi connectivity index (χ1) is 32.9. The summed E-state index contributed by atoms with van der Waals surface area (Å²) in [5, 5.41) is 2.07. The molecule has 71 heavy (non-hydrogen) atoms. The maximum absolute atomic E-state index is 14.5. The van der Waals surface area contributed by atoms with Crippen molar-refractivity contribution in [1.29, 1.82) is 0 Å². The summed E-state index contributed by atoms with van der Waals surface area (Å²) in [5.74, 6) is 1.25. The van der Waals surface area contributed by atoms with Gasteiger partial charge < -0.3 is 19.2 Å². The van der Waals surface area contributed by atoms with Crippen LogP contribution in [-0.2, 0) is 49.7 Å². The number of ether oxygens (including phenoxy) is 1. The standard InChI is InChI=1S/C59H52F6N4O.Pt/c1-34-23-44-45-30-39(56(5,6)7)31-47-52(45)69(54-46(57(47,8)9)21-16-22-66-54)49(44)32-50(34)70-43-25-37(24-38(29-43)55(2,3)4)53-67-48(51(35-17-12-10-13-18-35)36-19-14-11-15-20-36)33-68(53)42-27-40(58(60,61)62)26-41(28-42)59(63,64)65;/h10-24,26-31,48,51H,33H2,1-9H3;/q-2;+2/t48-;/m0./s1. The van der Waals surface area contributed by atoms with Crippen LogP contribution in [0.5, 0.6) is 11.5 Å². The van der Waals surface area contributed by atoms with E-state index in [1.54, 1.807) is 6.20 Å². The zero-order valence-electron chi connectivity index (χ0n) is 40.8. The number of fused-ring (bicyclic) bond motifs is 5. The smallest absolute Gasteiger partial charge is 0.503 e. The van der Waals surface area contributed by atoms with E-state index in [1.165, 1.54) is 16.0 Å². The number of amidine groups is 1. The summed E-state index contributed by atoms with van der Waals surface area (Å²) in [6.45, 7) is 19.1. The summed E-state index contributed by atoms with van der Waals surface area (Å²) in [7, 11) is 0. The fourth-order valence-corrected chi connectivity index (χ4v) is 10.1. The quantitative estimate of drug-likeness (QED) is 0.118. The van der Waals surface area contributed by atoms with E-state index in [1.807, 2.05) is 107 Å². The molecule has 4 heterocycles. The van der Waals surface area contributed by atoms with Crippen LogP contribution in [0, 0.1) is 19.1 Å². The molecule has 1 atom stereocenters. The predicted octanol–water partition coefficient (Wildman–Crippen LogP) is 15.6. The Morgan fingerprint density at radius 3 is 1.83 bits per heavy atom. The van der Waals surface area contributed by atoms with E-state index < -0.39 is 40.9 Å². The van der Waals surface area contributed by atoms with Crippen molar-refractivity contribution >= 4 is 33.3 Å². The molecule has 12 heteroatoms. The van der Waals surface area contributed by atoms with Gasteiger partial charge in [-0.05, 0) is 62.7 Å². The number of anilines is 1. The third-order valence-electron chi connectivity index (χ3n) is 13.9. The first kappa shape index (κ1) is 49.8. The van der Waals surface area contributed by atoms with Gasteiger partial charge in [0.15, 0.2) is 0 Å². The van der Waals surface area contributed by atoms with E-state index in [-0.39, 0.29) is 61.8 Å². The third kappa shape index (κ3) is 8.97. The van der Waals surface area contributed by atoms with Crippen LogP contribution in [0.3, 0.4) is 0 Å². The molecular weight excluding hydrogens is 1090 g/mol. The molecule has 0 radical (unpaired) electrons. The van der Waals surface area contributed by atoms with Crippen LogP contribution in [0.1, 0.15) is 117 Å².